The maximum absolute atomic E-state index is 12.8. The quantitative estimate of drug-likeness (QED) is 0.674. The van der Waals surface area contributed by atoms with Crippen LogP contribution >= 0.6 is 0 Å². The van der Waals surface area contributed by atoms with Crippen LogP contribution in [0.1, 0.15) is 21.7 Å². The fraction of sp³-hybridized carbons (Fsp3) is 0.409. The summed E-state index contributed by atoms with van der Waals surface area (Å²) in [6, 6.07) is 9.90. The second-order valence-electron chi connectivity index (χ2n) is 7.86. The van der Waals surface area contributed by atoms with E-state index in [1.165, 1.54) is 0 Å². The number of nitrogens with zero attached hydrogens (tertiary/aromatic N) is 5. The molecule has 0 unspecified atom stereocenters. The lowest BCUT2D eigenvalue weighted by atomic mass is 10.1. The van der Waals surface area contributed by atoms with Crippen LogP contribution in [0.4, 0.5) is 0 Å². The van der Waals surface area contributed by atoms with Gasteiger partial charge in [-0.1, -0.05) is 12.1 Å². The van der Waals surface area contributed by atoms with Crippen LogP contribution in [0.25, 0.3) is 11.3 Å². The van der Waals surface area contributed by atoms with E-state index in [-0.39, 0.29) is 5.91 Å². The molecule has 0 radical (unpaired) electrons. The van der Waals surface area contributed by atoms with Crippen molar-refractivity contribution in [1.29, 1.82) is 0 Å². The normalized spacial score (nSPS) is 16.9. The molecule has 1 saturated heterocycles. The van der Waals surface area contributed by atoms with Gasteiger partial charge in [0.05, 0.1) is 44.5 Å². The Morgan fingerprint density at radius 3 is 2.90 bits per heavy atom. The molecule has 2 aliphatic rings. The number of carbonyl (C=O) groups excluding carboxylic acids is 1. The van der Waals surface area contributed by atoms with Crippen LogP contribution in [-0.2, 0) is 24.4 Å². The Hall–Kier alpha value is -3.17. The topological polar surface area (TPSA) is 88.5 Å². The van der Waals surface area contributed by atoms with Crippen molar-refractivity contribution in [2.75, 3.05) is 40.0 Å². The van der Waals surface area contributed by atoms with Gasteiger partial charge in [0.15, 0.2) is 5.69 Å². The average molecular weight is 422 g/mol. The Bertz CT molecular complexity index is 1070. The fourth-order valence-electron chi connectivity index (χ4n) is 4.19. The van der Waals surface area contributed by atoms with Gasteiger partial charge in [0.1, 0.15) is 5.75 Å². The average Bonchev–Trinajstić information content (AvgIpc) is 3.46. The van der Waals surface area contributed by atoms with Crippen molar-refractivity contribution in [1.82, 2.24) is 29.8 Å². The third kappa shape index (κ3) is 4.06. The molecule has 9 nitrogen and oxygen atoms in total. The van der Waals surface area contributed by atoms with Crippen LogP contribution in [0.2, 0.25) is 0 Å². The molecule has 1 N–H and O–H groups in total. The number of H-pyrrole nitrogens is 1. The Balaban J connectivity index is 1.29. The van der Waals surface area contributed by atoms with Gasteiger partial charge in [-0.15, -0.1) is 0 Å². The molecule has 0 bridgehead atoms. The standard InChI is InChI=1S/C22H26N6O3/c1-30-19-4-2-3-16(11-19)21-17(13-23-24-21)14-26-5-6-28-18(15-26)12-20(25-28)22(29)27-7-9-31-10-8-27/h2-4,11-13H,5-10,14-15H2,1H3,(H,23,24). The third-order valence-electron chi connectivity index (χ3n) is 5.86. The first-order chi connectivity index (χ1) is 15.2. The van der Waals surface area contributed by atoms with Gasteiger partial charge in [-0.2, -0.15) is 10.2 Å². The zero-order chi connectivity index (χ0) is 21.2. The molecule has 2 aromatic heterocycles. The summed E-state index contributed by atoms with van der Waals surface area (Å²) in [4.78, 5) is 16.9. The van der Waals surface area contributed by atoms with Crippen molar-refractivity contribution in [2.45, 2.75) is 19.6 Å². The van der Waals surface area contributed by atoms with Gasteiger partial charge in [0.25, 0.3) is 5.91 Å². The fourth-order valence-corrected chi connectivity index (χ4v) is 4.19. The summed E-state index contributed by atoms with van der Waals surface area (Å²) < 4.78 is 12.7. The summed E-state index contributed by atoms with van der Waals surface area (Å²) >= 11 is 0. The predicted molar refractivity (Wildman–Crippen MR) is 114 cm³/mol. The maximum Gasteiger partial charge on any atom is 0.274 e. The highest BCUT2D eigenvalue weighted by Crippen LogP contribution is 2.27. The number of morpholine rings is 1. The van der Waals surface area contributed by atoms with E-state index >= 15 is 0 Å². The highest BCUT2D eigenvalue weighted by atomic mass is 16.5. The minimum absolute atomic E-state index is 0.00750. The number of ether oxygens (including phenoxy) is 2. The van der Waals surface area contributed by atoms with E-state index in [1.54, 1.807) is 7.11 Å². The van der Waals surface area contributed by atoms with Crippen LogP contribution in [0.3, 0.4) is 0 Å². The molecule has 9 heteroatoms. The van der Waals surface area contributed by atoms with Gasteiger partial charge in [0, 0.05) is 43.9 Å². The van der Waals surface area contributed by atoms with Gasteiger partial charge in [0.2, 0.25) is 0 Å². The van der Waals surface area contributed by atoms with E-state index < -0.39 is 0 Å². The Kier molecular flexibility index (Phi) is 5.44. The van der Waals surface area contributed by atoms with Crippen LogP contribution < -0.4 is 4.74 Å². The summed E-state index contributed by atoms with van der Waals surface area (Å²) in [6.45, 7) is 5.57. The number of aromatic amines is 1. The van der Waals surface area contributed by atoms with Gasteiger partial charge >= 0.3 is 0 Å². The Morgan fingerprint density at radius 1 is 1.19 bits per heavy atom. The van der Waals surface area contributed by atoms with Crippen molar-refractivity contribution in [2.24, 2.45) is 0 Å². The number of amides is 1. The number of rotatable bonds is 5. The lowest BCUT2D eigenvalue weighted by Gasteiger charge is -2.27. The van der Waals surface area contributed by atoms with Crippen molar-refractivity contribution in [3.05, 3.63) is 53.5 Å². The minimum Gasteiger partial charge on any atom is -0.497 e. The van der Waals surface area contributed by atoms with E-state index in [1.807, 2.05) is 46.1 Å². The van der Waals surface area contributed by atoms with Gasteiger partial charge < -0.3 is 14.4 Å². The number of fused-ring (bicyclic) bond motifs is 1. The highest BCUT2D eigenvalue weighted by molar-refractivity contribution is 5.92. The summed E-state index contributed by atoms with van der Waals surface area (Å²) in [5.41, 5.74) is 4.77. The third-order valence-corrected chi connectivity index (χ3v) is 5.86. The molecule has 0 spiro atoms. The number of benzene rings is 1. The molecule has 0 aliphatic carbocycles. The number of hydrogen-bond acceptors (Lipinski definition) is 6. The predicted octanol–water partition coefficient (Wildman–Crippen LogP) is 1.77. The van der Waals surface area contributed by atoms with E-state index in [0.717, 1.165) is 54.4 Å². The first-order valence-electron chi connectivity index (χ1n) is 10.5. The van der Waals surface area contributed by atoms with Gasteiger partial charge in [-0.05, 0) is 18.2 Å². The van der Waals surface area contributed by atoms with E-state index in [4.69, 9.17) is 9.47 Å². The first-order valence-corrected chi connectivity index (χ1v) is 10.5. The molecular weight excluding hydrogens is 396 g/mol. The van der Waals surface area contributed by atoms with E-state index in [2.05, 4.69) is 20.2 Å². The molecule has 4 heterocycles. The number of nitrogens with one attached hydrogen (secondary N) is 1. The largest absolute Gasteiger partial charge is 0.497 e. The Labute approximate surface area is 180 Å². The lowest BCUT2D eigenvalue weighted by Crippen LogP contribution is -2.40. The number of hydrogen-bond donors (Lipinski definition) is 1. The second kappa shape index (κ2) is 8.52. The molecule has 2 aliphatic heterocycles. The van der Waals surface area contributed by atoms with E-state index in [9.17, 15) is 4.79 Å². The number of aromatic nitrogens is 4. The minimum atomic E-state index is -0.00750. The molecule has 1 aromatic carbocycles. The van der Waals surface area contributed by atoms with Crippen molar-refractivity contribution in [3.8, 4) is 17.0 Å². The molecule has 3 aromatic rings. The number of methoxy groups -OCH3 is 1. The van der Waals surface area contributed by atoms with Gasteiger partial charge in [-0.3, -0.25) is 19.5 Å². The molecular formula is C22H26N6O3. The van der Waals surface area contributed by atoms with Crippen molar-refractivity contribution < 1.29 is 14.3 Å². The zero-order valence-corrected chi connectivity index (χ0v) is 17.6. The maximum atomic E-state index is 12.8. The van der Waals surface area contributed by atoms with Crippen LogP contribution in [0.5, 0.6) is 5.75 Å². The SMILES string of the molecule is COc1cccc(-c2[nH]ncc2CN2CCn3nc(C(=O)N4CCOCC4)cc3C2)c1. The van der Waals surface area contributed by atoms with Crippen LogP contribution in [0, 0.1) is 0 Å². The summed E-state index contributed by atoms with van der Waals surface area (Å²) in [7, 11) is 1.67. The number of carbonyl (C=O) groups is 1. The second-order valence-corrected chi connectivity index (χ2v) is 7.86. The zero-order valence-electron chi connectivity index (χ0n) is 17.6. The monoisotopic (exact) mass is 422 g/mol. The molecule has 162 valence electrons. The molecule has 0 atom stereocenters. The van der Waals surface area contributed by atoms with Crippen molar-refractivity contribution >= 4 is 5.91 Å². The first kappa shape index (κ1) is 19.8. The van der Waals surface area contributed by atoms with Crippen LogP contribution in [-0.4, -0.2) is 75.6 Å². The summed E-state index contributed by atoms with van der Waals surface area (Å²) in [5.74, 6) is 0.810. The molecule has 1 amide bonds. The summed E-state index contributed by atoms with van der Waals surface area (Å²) in [6.07, 6.45) is 1.88. The van der Waals surface area contributed by atoms with Crippen molar-refractivity contribution in [3.63, 3.8) is 0 Å². The smallest absolute Gasteiger partial charge is 0.274 e. The highest BCUT2D eigenvalue weighted by Gasteiger charge is 2.25. The van der Waals surface area contributed by atoms with Gasteiger partial charge in [-0.25, -0.2) is 0 Å². The lowest BCUT2D eigenvalue weighted by molar-refractivity contribution is 0.0298. The summed E-state index contributed by atoms with van der Waals surface area (Å²) in [5, 5.41) is 12.0. The van der Waals surface area contributed by atoms with Crippen LogP contribution in [0.15, 0.2) is 36.5 Å². The molecule has 5 rings (SSSR count). The van der Waals surface area contributed by atoms with E-state index in [0.29, 0.717) is 32.0 Å². The molecule has 1 fully saturated rings. The Morgan fingerprint density at radius 2 is 2.06 bits per heavy atom. The molecule has 31 heavy (non-hydrogen) atoms. The molecule has 0 saturated carbocycles.